The number of halogens is 2. The van der Waals surface area contributed by atoms with Crippen molar-refractivity contribution >= 4 is 34.9 Å². The number of nitrogens with one attached hydrogen (secondary N) is 1. The molecule has 178 valence electrons. The molecule has 0 aromatic heterocycles. The molecule has 0 radical (unpaired) electrons. The highest BCUT2D eigenvalue weighted by Crippen LogP contribution is 2.38. The molecule has 7 heteroatoms. The lowest BCUT2D eigenvalue weighted by Gasteiger charge is -2.31. The predicted molar refractivity (Wildman–Crippen MR) is 136 cm³/mol. The fourth-order valence-electron chi connectivity index (χ4n) is 4.36. The highest BCUT2D eigenvalue weighted by Gasteiger charge is 2.34. The van der Waals surface area contributed by atoms with Crippen molar-refractivity contribution in [2.75, 3.05) is 11.9 Å². The van der Waals surface area contributed by atoms with Crippen LogP contribution in [0.15, 0.2) is 97.1 Å². The van der Waals surface area contributed by atoms with Crippen LogP contribution < -0.4 is 5.32 Å². The van der Waals surface area contributed by atoms with Gasteiger partial charge in [0.15, 0.2) is 5.78 Å². The second-order valence-corrected chi connectivity index (χ2v) is 8.88. The number of hydrogen-bond acceptors (Lipinski definition) is 3. The van der Waals surface area contributed by atoms with Gasteiger partial charge in [-0.15, -0.1) is 0 Å². The number of nitrogens with zero attached hydrogens (tertiary/aromatic N) is 1. The molecule has 0 fully saturated rings. The smallest absolute Gasteiger partial charge is 0.255 e. The van der Waals surface area contributed by atoms with Gasteiger partial charge in [0.25, 0.3) is 5.91 Å². The van der Waals surface area contributed by atoms with Crippen molar-refractivity contribution in [3.05, 3.63) is 136 Å². The molecule has 5 nitrogen and oxygen atoms in total. The van der Waals surface area contributed by atoms with Crippen LogP contribution >= 0.6 is 11.6 Å². The summed E-state index contributed by atoms with van der Waals surface area (Å²) in [4.78, 5) is 40.7. The Balaban J connectivity index is 1.54. The Kier molecular flexibility index (Phi) is 6.36. The summed E-state index contributed by atoms with van der Waals surface area (Å²) in [5, 5.41) is 3.27. The minimum Gasteiger partial charge on any atom is -0.324 e. The van der Waals surface area contributed by atoms with Crippen molar-refractivity contribution in [2.24, 2.45) is 0 Å². The number of carbonyl (C=O) groups is 3. The molecule has 1 heterocycles. The highest BCUT2D eigenvalue weighted by molar-refractivity contribution is 6.30. The zero-order valence-electron chi connectivity index (χ0n) is 18.9. The van der Waals surface area contributed by atoms with Crippen LogP contribution in [0.3, 0.4) is 0 Å². The van der Waals surface area contributed by atoms with Crippen LogP contribution in [0.1, 0.15) is 43.4 Å². The standard InChI is InChI=1S/C29H20ClFN2O3/c30-22-12-15-25-24(16-22)27(18-10-13-23(31)14-11-18)33(17-26(34)32-25)29(36)21-8-6-20(7-9-21)28(35)19-4-2-1-3-5-19/h1-16,27H,17H2,(H,32,34)/t27-/m1/s1. The van der Waals surface area contributed by atoms with Gasteiger partial charge >= 0.3 is 0 Å². The molecule has 4 aromatic rings. The van der Waals surface area contributed by atoms with Crippen LogP contribution in [0, 0.1) is 5.82 Å². The van der Waals surface area contributed by atoms with Gasteiger partial charge in [-0.2, -0.15) is 0 Å². The molecule has 36 heavy (non-hydrogen) atoms. The molecule has 0 aliphatic carbocycles. The number of hydrogen-bond donors (Lipinski definition) is 1. The SMILES string of the molecule is O=C1CN(C(=O)c2ccc(C(=O)c3ccccc3)cc2)[C@H](c2ccc(F)cc2)c2cc(Cl)ccc2N1. The minimum absolute atomic E-state index is 0.156. The van der Waals surface area contributed by atoms with Crippen molar-refractivity contribution < 1.29 is 18.8 Å². The van der Waals surface area contributed by atoms with Gasteiger partial charge in [0.2, 0.25) is 5.91 Å². The lowest BCUT2D eigenvalue weighted by atomic mass is 9.95. The second-order valence-electron chi connectivity index (χ2n) is 8.44. The third kappa shape index (κ3) is 4.63. The Labute approximate surface area is 212 Å². The van der Waals surface area contributed by atoms with E-state index in [1.807, 2.05) is 6.07 Å². The maximum atomic E-state index is 13.7. The lowest BCUT2D eigenvalue weighted by Crippen LogP contribution is -2.39. The van der Waals surface area contributed by atoms with Crippen LogP contribution in [0.2, 0.25) is 5.02 Å². The first-order valence-corrected chi connectivity index (χ1v) is 11.6. The van der Waals surface area contributed by atoms with Gasteiger partial charge in [-0.25, -0.2) is 4.39 Å². The maximum Gasteiger partial charge on any atom is 0.255 e. The Morgan fingerprint density at radius 2 is 1.47 bits per heavy atom. The first-order chi connectivity index (χ1) is 17.4. The van der Waals surface area contributed by atoms with Crippen molar-refractivity contribution in [1.29, 1.82) is 0 Å². The first kappa shape index (κ1) is 23.5. The first-order valence-electron chi connectivity index (χ1n) is 11.3. The van der Waals surface area contributed by atoms with Crippen LogP contribution in [0.4, 0.5) is 10.1 Å². The summed E-state index contributed by atoms with van der Waals surface area (Å²) in [5.74, 6) is -1.35. The van der Waals surface area contributed by atoms with Crippen LogP contribution in [-0.4, -0.2) is 29.0 Å². The lowest BCUT2D eigenvalue weighted by molar-refractivity contribution is -0.117. The molecule has 0 saturated carbocycles. The van der Waals surface area contributed by atoms with E-state index >= 15 is 0 Å². The van der Waals surface area contributed by atoms with Crippen molar-refractivity contribution in [1.82, 2.24) is 4.90 Å². The minimum atomic E-state index is -0.698. The van der Waals surface area contributed by atoms with E-state index in [1.165, 1.54) is 17.0 Å². The summed E-state index contributed by atoms with van der Waals surface area (Å²) < 4.78 is 13.7. The largest absolute Gasteiger partial charge is 0.324 e. The predicted octanol–water partition coefficient (Wildman–Crippen LogP) is 5.89. The van der Waals surface area contributed by atoms with Gasteiger partial charge in [-0.3, -0.25) is 14.4 Å². The molecule has 1 aliphatic heterocycles. The zero-order valence-corrected chi connectivity index (χ0v) is 19.7. The van der Waals surface area contributed by atoms with E-state index in [2.05, 4.69) is 5.32 Å². The van der Waals surface area contributed by atoms with Crippen LogP contribution in [-0.2, 0) is 4.79 Å². The third-order valence-electron chi connectivity index (χ3n) is 6.08. The zero-order chi connectivity index (χ0) is 25.2. The molecular formula is C29H20ClFN2O3. The summed E-state index contributed by atoms with van der Waals surface area (Å²) >= 11 is 6.28. The van der Waals surface area contributed by atoms with Gasteiger partial charge in [0, 0.05) is 33.0 Å². The van der Waals surface area contributed by atoms with E-state index in [-0.39, 0.29) is 18.2 Å². The Hall–Kier alpha value is -4.29. The quantitative estimate of drug-likeness (QED) is 0.356. The van der Waals surface area contributed by atoms with Gasteiger partial charge < -0.3 is 10.2 Å². The van der Waals surface area contributed by atoms with Crippen LogP contribution in [0.5, 0.6) is 0 Å². The number of anilines is 1. The average molecular weight is 499 g/mol. The van der Waals surface area contributed by atoms with E-state index in [1.54, 1.807) is 78.9 Å². The Bertz CT molecular complexity index is 1450. The van der Waals surface area contributed by atoms with Crippen molar-refractivity contribution in [3.8, 4) is 0 Å². The Morgan fingerprint density at radius 1 is 0.833 bits per heavy atom. The summed E-state index contributed by atoms with van der Waals surface area (Å²) in [6.07, 6.45) is 0. The van der Waals surface area contributed by atoms with Gasteiger partial charge in [0.1, 0.15) is 12.4 Å². The number of fused-ring (bicyclic) bond motifs is 1. The molecule has 2 amide bonds. The fraction of sp³-hybridized carbons (Fsp3) is 0.0690. The average Bonchev–Trinajstić information content (AvgIpc) is 3.04. The van der Waals surface area contributed by atoms with Crippen LogP contribution in [0.25, 0.3) is 0 Å². The number of carbonyl (C=O) groups excluding carboxylic acids is 3. The molecule has 1 N–H and O–H groups in total. The second kappa shape index (κ2) is 9.76. The van der Waals surface area contributed by atoms with Crippen molar-refractivity contribution in [2.45, 2.75) is 6.04 Å². The third-order valence-corrected chi connectivity index (χ3v) is 6.32. The normalized spacial score (nSPS) is 15.0. The highest BCUT2D eigenvalue weighted by atomic mass is 35.5. The van der Waals surface area contributed by atoms with E-state index in [0.29, 0.717) is 38.5 Å². The summed E-state index contributed by atoms with van der Waals surface area (Å²) in [5.41, 5.74) is 3.07. The molecule has 1 aliphatic rings. The molecule has 4 aromatic carbocycles. The molecule has 0 spiro atoms. The molecule has 0 unspecified atom stereocenters. The van der Waals surface area contributed by atoms with Gasteiger partial charge in [-0.1, -0.05) is 66.2 Å². The fourth-order valence-corrected chi connectivity index (χ4v) is 4.54. The van der Waals surface area contributed by atoms with E-state index in [0.717, 1.165) is 0 Å². The monoisotopic (exact) mass is 498 g/mol. The summed E-state index contributed by atoms with van der Waals surface area (Å²) in [7, 11) is 0. The topological polar surface area (TPSA) is 66.5 Å². The van der Waals surface area contributed by atoms with Gasteiger partial charge in [0.05, 0.1) is 6.04 Å². The van der Waals surface area contributed by atoms with Gasteiger partial charge in [-0.05, 0) is 48.0 Å². The number of ketones is 1. The van der Waals surface area contributed by atoms with E-state index in [4.69, 9.17) is 11.6 Å². The molecule has 1 atom stereocenters. The number of rotatable bonds is 4. The number of amides is 2. The molecular weight excluding hydrogens is 479 g/mol. The molecule has 0 bridgehead atoms. The van der Waals surface area contributed by atoms with Crippen molar-refractivity contribution in [3.63, 3.8) is 0 Å². The molecule has 0 saturated heterocycles. The van der Waals surface area contributed by atoms with E-state index < -0.39 is 17.8 Å². The summed E-state index contributed by atoms with van der Waals surface area (Å²) in [6.45, 7) is -0.224. The van der Waals surface area contributed by atoms with E-state index in [9.17, 15) is 18.8 Å². The summed E-state index contributed by atoms with van der Waals surface area (Å²) in [6, 6.07) is 25.3. The maximum absolute atomic E-state index is 13.7. The molecule has 5 rings (SSSR count). The Morgan fingerprint density at radius 3 is 2.17 bits per heavy atom. The number of benzene rings is 4.